The summed E-state index contributed by atoms with van der Waals surface area (Å²) in [4.78, 5) is 17.5. The predicted molar refractivity (Wildman–Crippen MR) is 99.5 cm³/mol. The van der Waals surface area contributed by atoms with Crippen LogP contribution in [0.15, 0.2) is 47.5 Å². The third kappa shape index (κ3) is 3.30. The number of benzene rings is 2. The third-order valence-corrected chi connectivity index (χ3v) is 4.95. The quantitative estimate of drug-likeness (QED) is 0.697. The fourth-order valence-corrected chi connectivity index (χ4v) is 3.87. The molecule has 0 bridgehead atoms. The molecule has 0 aliphatic carbocycles. The van der Waals surface area contributed by atoms with Gasteiger partial charge >= 0.3 is 0 Å². The highest BCUT2D eigenvalue weighted by Gasteiger charge is 2.16. The average Bonchev–Trinajstić information content (AvgIpc) is 3.00. The summed E-state index contributed by atoms with van der Waals surface area (Å²) < 4.78 is 14.0. The zero-order valence-electron chi connectivity index (χ0n) is 14.5. The van der Waals surface area contributed by atoms with Gasteiger partial charge in [-0.2, -0.15) is 4.99 Å². The van der Waals surface area contributed by atoms with Gasteiger partial charge in [0.25, 0.3) is 5.91 Å². The van der Waals surface area contributed by atoms with Crippen LogP contribution < -0.4 is 14.3 Å². The van der Waals surface area contributed by atoms with Gasteiger partial charge in [-0.1, -0.05) is 36.5 Å². The molecule has 0 saturated heterocycles. The Morgan fingerprint density at radius 1 is 1.08 bits per heavy atom. The largest absolute Gasteiger partial charge is 0.495 e. The summed E-state index contributed by atoms with van der Waals surface area (Å²) in [5.74, 6) is 1.24. The number of amides is 1. The number of ether oxygens (including phenoxy) is 2. The number of aromatic nitrogens is 1. The zero-order chi connectivity index (χ0) is 17.8. The van der Waals surface area contributed by atoms with Crippen LogP contribution in [0.25, 0.3) is 10.2 Å². The fourth-order valence-electron chi connectivity index (χ4n) is 2.70. The van der Waals surface area contributed by atoms with E-state index in [0.29, 0.717) is 10.4 Å². The van der Waals surface area contributed by atoms with Crippen molar-refractivity contribution in [3.05, 3.63) is 52.8 Å². The highest BCUT2D eigenvalue weighted by molar-refractivity contribution is 7.16. The summed E-state index contributed by atoms with van der Waals surface area (Å²) in [6.07, 6.45) is 0.916. The molecule has 0 aliphatic heterocycles. The maximum Gasteiger partial charge on any atom is 0.279 e. The number of methoxy groups -OCH3 is 2. The maximum absolute atomic E-state index is 12.5. The first-order chi connectivity index (χ1) is 12.2. The van der Waals surface area contributed by atoms with Crippen molar-refractivity contribution in [1.82, 2.24) is 4.57 Å². The topological polar surface area (TPSA) is 52.8 Å². The second kappa shape index (κ2) is 7.53. The molecule has 0 atom stereocenters. The zero-order valence-corrected chi connectivity index (χ0v) is 15.3. The Morgan fingerprint density at radius 2 is 1.76 bits per heavy atom. The molecule has 0 spiro atoms. The highest BCUT2D eigenvalue weighted by Crippen LogP contribution is 2.35. The number of fused-ring (bicyclic) bond motifs is 1. The van der Waals surface area contributed by atoms with Crippen LogP contribution in [0.1, 0.15) is 23.7 Å². The van der Waals surface area contributed by atoms with E-state index in [4.69, 9.17) is 9.47 Å². The number of hydrogen-bond acceptors (Lipinski definition) is 4. The van der Waals surface area contributed by atoms with Crippen molar-refractivity contribution in [3.8, 4) is 11.5 Å². The Labute approximate surface area is 150 Å². The second-order valence-electron chi connectivity index (χ2n) is 5.47. The minimum Gasteiger partial charge on any atom is -0.495 e. The first-order valence-corrected chi connectivity index (χ1v) is 8.89. The van der Waals surface area contributed by atoms with Gasteiger partial charge in [0.05, 0.1) is 14.2 Å². The van der Waals surface area contributed by atoms with Crippen molar-refractivity contribution >= 4 is 27.5 Å². The molecule has 0 N–H and O–H groups in total. The molecule has 0 fully saturated rings. The van der Waals surface area contributed by atoms with E-state index in [2.05, 4.69) is 11.9 Å². The molecule has 25 heavy (non-hydrogen) atoms. The summed E-state index contributed by atoms with van der Waals surface area (Å²) in [5, 5.41) is 0. The Morgan fingerprint density at radius 3 is 2.40 bits per heavy atom. The van der Waals surface area contributed by atoms with Crippen molar-refractivity contribution < 1.29 is 14.3 Å². The summed E-state index contributed by atoms with van der Waals surface area (Å²) in [7, 11) is 3.28. The predicted octanol–water partition coefficient (Wildman–Crippen LogP) is 3.87. The molecule has 0 radical (unpaired) electrons. The molecule has 130 valence electrons. The van der Waals surface area contributed by atoms with Gasteiger partial charge in [-0.3, -0.25) is 4.79 Å². The van der Waals surface area contributed by atoms with E-state index in [-0.39, 0.29) is 5.91 Å². The van der Waals surface area contributed by atoms with Gasteiger partial charge in [-0.25, -0.2) is 0 Å². The van der Waals surface area contributed by atoms with E-state index in [0.717, 1.165) is 34.7 Å². The van der Waals surface area contributed by atoms with Gasteiger partial charge in [0.2, 0.25) is 0 Å². The molecule has 3 rings (SSSR count). The molecule has 1 amide bonds. The van der Waals surface area contributed by atoms with Crippen LogP contribution in [0, 0.1) is 0 Å². The fraction of sp³-hybridized carbons (Fsp3) is 0.263. The standard InChI is InChI=1S/C19H20N2O3S/c1-4-12-21-16-14(23-2)10-11-15(24-3)17(16)25-19(21)20-18(22)13-8-6-5-7-9-13/h5-11H,4,12H2,1-3H3. The number of hydrogen-bond donors (Lipinski definition) is 0. The molecular formula is C19H20N2O3S. The lowest BCUT2D eigenvalue weighted by Gasteiger charge is -2.09. The summed E-state index contributed by atoms with van der Waals surface area (Å²) in [6.45, 7) is 2.83. The van der Waals surface area contributed by atoms with Crippen LogP contribution in [-0.2, 0) is 6.54 Å². The molecule has 2 aromatic carbocycles. The number of thiazole rings is 1. The van der Waals surface area contributed by atoms with Crippen molar-refractivity contribution in [2.24, 2.45) is 4.99 Å². The molecule has 5 nitrogen and oxygen atoms in total. The van der Waals surface area contributed by atoms with E-state index < -0.39 is 0 Å². The van der Waals surface area contributed by atoms with Gasteiger partial charge < -0.3 is 14.0 Å². The molecule has 6 heteroatoms. The van der Waals surface area contributed by atoms with Crippen LogP contribution in [0.2, 0.25) is 0 Å². The van der Waals surface area contributed by atoms with Crippen LogP contribution in [0.3, 0.4) is 0 Å². The molecule has 1 aromatic heterocycles. The van der Waals surface area contributed by atoms with E-state index in [1.54, 1.807) is 26.4 Å². The minimum atomic E-state index is -0.255. The Hall–Kier alpha value is -2.60. The SMILES string of the molecule is CCCn1c(=NC(=O)c2ccccc2)sc2c(OC)ccc(OC)c21. The number of aryl methyl sites for hydroxylation is 1. The minimum absolute atomic E-state index is 0.255. The Balaban J connectivity index is 2.26. The lowest BCUT2D eigenvalue weighted by Crippen LogP contribution is -2.17. The van der Waals surface area contributed by atoms with Crippen molar-refractivity contribution in [1.29, 1.82) is 0 Å². The maximum atomic E-state index is 12.5. The molecule has 1 heterocycles. The van der Waals surface area contributed by atoms with E-state index >= 15 is 0 Å². The molecule has 0 saturated carbocycles. The van der Waals surface area contributed by atoms with Crippen molar-refractivity contribution in [3.63, 3.8) is 0 Å². The van der Waals surface area contributed by atoms with Crippen molar-refractivity contribution in [2.45, 2.75) is 19.9 Å². The van der Waals surface area contributed by atoms with Crippen molar-refractivity contribution in [2.75, 3.05) is 14.2 Å². The van der Waals surface area contributed by atoms with E-state index in [1.165, 1.54) is 11.3 Å². The first kappa shape index (κ1) is 17.2. The normalized spacial score (nSPS) is 11.7. The highest BCUT2D eigenvalue weighted by atomic mass is 32.1. The van der Waals surface area contributed by atoms with Gasteiger partial charge in [0.1, 0.15) is 21.7 Å². The molecular weight excluding hydrogens is 336 g/mol. The lowest BCUT2D eigenvalue weighted by molar-refractivity contribution is 0.0998. The van der Waals surface area contributed by atoms with E-state index in [1.807, 2.05) is 34.9 Å². The summed E-state index contributed by atoms with van der Waals surface area (Å²) in [6, 6.07) is 12.8. The van der Waals surface area contributed by atoms with Gasteiger partial charge in [-0.05, 0) is 30.7 Å². The average molecular weight is 356 g/mol. The molecule has 0 unspecified atom stereocenters. The summed E-state index contributed by atoms with van der Waals surface area (Å²) >= 11 is 1.44. The Kier molecular flexibility index (Phi) is 5.19. The first-order valence-electron chi connectivity index (χ1n) is 8.08. The summed E-state index contributed by atoms with van der Waals surface area (Å²) in [5.41, 5.74) is 1.48. The van der Waals surface area contributed by atoms with Gasteiger partial charge in [0.15, 0.2) is 4.80 Å². The van der Waals surface area contributed by atoms with Crippen LogP contribution in [0.4, 0.5) is 0 Å². The Bertz CT molecular complexity index is 958. The van der Waals surface area contributed by atoms with E-state index in [9.17, 15) is 4.79 Å². The lowest BCUT2D eigenvalue weighted by atomic mass is 10.2. The van der Waals surface area contributed by atoms with Gasteiger partial charge in [-0.15, -0.1) is 0 Å². The second-order valence-corrected chi connectivity index (χ2v) is 6.44. The number of rotatable bonds is 5. The number of carbonyl (C=O) groups is 1. The smallest absolute Gasteiger partial charge is 0.279 e. The number of nitrogens with zero attached hydrogens (tertiary/aromatic N) is 2. The number of carbonyl (C=O) groups excluding carboxylic acids is 1. The van der Waals surface area contributed by atoms with Crippen LogP contribution >= 0.6 is 11.3 Å². The molecule has 0 aliphatic rings. The van der Waals surface area contributed by atoms with Gasteiger partial charge in [0, 0.05) is 12.1 Å². The van der Waals surface area contributed by atoms with Crippen LogP contribution in [0.5, 0.6) is 11.5 Å². The monoisotopic (exact) mass is 356 g/mol. The third-order valence-electron chi connectivity index (χ3n) is 3.86. The van der Waals surface area contributed by atoms with Crippen LogP contribution in [-0.4, -0.2) is 24.7 Å². The molecule has 3 aromatic rings.